The molecule has 1 fully saturated rings. The molecule has 0 radical (unpaired) electrons. The fraction of sp³-hybridized carbons (Fsp3) is 0.312. The molecule has 2 nitrogen and oxygen atoms in total. The zero-order valence-electron chi connectivity index (χ0n) is 11.3. The van der Waals surface area contributed by atoms with Crippen molar-refractivity contribution in [2.75, 3.05) is 0 Å². The Hall–Kier alpha value is -1.45. The van der Waals surface area contributed by atoms with Crippen LogP contribution in [0.15, 0.2) is 30.6 Å². The third kappa shape index (κ3) is 3.00. The molecular formula is C16H16ClFN2. The van der Waals surface area contributed by atoms with Crippen molar-refractivity contribution in [1.29, 1.82) is 0 Å². The Morgan fingerprint density at radius 3 is 2.85 bits per heavy atom. The molecule has 0 saturated heterocycles. The highest BCUT2D eigenvalue weighted by Crippen LogP contribution is 2.30. The third-order valence-corrected chi connectivity index (χ3v) is 3.84. The van der Waals surface area contributed by atoms with Gasteiger partial charge in [-0.25, -0.2) is 4.39 Å². The number of rotatable bonds is 4. The summed E-state index contributed by atoms with van der Waals surface area (Å²) in [5, 5.41) is 3.87. The number of nitrogens with zero attached hydrogens (tertiary/aromatic N) is 1. The largest absolute Gasteiger partial charge is 0.310 e. The van der Waals surface area contributed by atoms with E-state index in [1.807, 2.05) is 6.20 Å². The van der Waals surface area contributed by atoms with E-state index < -0.39 is 0 Å². The van der Waals surface area contributed by atoms with Gasteiger partial charge in [-0.3, -0.25) is 4.98 Å². The van der Waals surface area contributed by atoms with Crippen molar-refractivity contribution in [1.82, 2.24) is 10.3 Å². The molecule has 0 bridgehead atoms. The molecule has 1 N–H and O–H groups in total. The number of pyridine rings is 1. The van der Waals surface area contributed by atoms with E-state index in [2.05, 4.69) is 16.4 Å². The van der Waals surface area contributed by atoms with Gasteiger partial charge in [0.15, 0.2) is 0 Å². The maximum absolute atomic E-state index is 13.5. The van der Waals surface area contributed by atoms with Crippen LogP contribution in [0.25, 0.3) is 11.1 Å². The van der Waals surface area contributed by atoms with E-state index in [-0.39, 0.29) is 5.82 Å². The molecule has 1 aromatic heterocycles. The normalized spacial score (nSPS) is 14.6. The van der Waals surface area contributed by atoms with E-state index in [4.69, 9.17) is 11.6 Å². The maximum atomic E-state index is 13.5. The predicted molar refractivity (Wildman–Crippen MR) is 79.2 cm³/mol. The summed E-state index contributed by atoms with van der Waals surface area (Å²) in [6.07, 6.45) is 6.13. The molecule has 1 aliphatic carbocycles. The van der Waals surface area contributed by atoms with Crippen molar-refractivity contribution < 1.29 is 4.39 Å². The Morgan fingerprint density at radius 2 is 2.10 bits per heavy atom. The topological polar surface area (TPSA) is 24.9 Å². The lowest BCUT2D eigenvalue weighted by atomic mass is 10.0. The number of hydrogen-bond donors (Lipinski definition) is 1. The highest BCUT2D eigenvalue weighted by molar-refractivity contribution is 6.33. The van der Waals surface area contributed by atoms with Crippen LogP contribution in [-0.2, 0) is 6.54 Å². The monoisotopic (exact) mass is 290 g/mol. The highest BCUT2D eigenvalue weighted by Gasteiger charge is 2.20. The average molecular weight is 291 g/mol. The molecule has 3 rings (SSSR count). The zero-order chi connectivity index (χ0) is 14.1. The predicted octanol–water partition coefficient (Wildman–Crippen LogP) is 4.10. The van der Waals surface area contributed by atoms with Gasteiger partial charge >= 0.3 is 0 Å². The summed E-state index contributed by atoms with van der Waals surface area (Å²) < 4.78 is 13.5. The number of aryl methyl sites for hydroxylation is 1. The summed E-state index contributed by atoms with van der Waals surface area (Å²) in [5.74, 6) is -0.279. The summed E-state index contributed by atoms with van der Waals surface area (Å²) in [6.45, 7) is 2.55. The Kier molecular flexibility index (Phi) is 3.72. The van der Waals surface area contributed by atoms with Gasteiger partial charge in [0.25, 0.3) is 0 Å². The second-order valence-corrected chi connectivity index (χ2v) is 5.73. The van der Waals surface area contributed by atoms with Crippen LogP contribution in [0.2, 0.25) is 5.02 Å². The first-order valence-electron chi connectivity index (χ1n) is 6.77. The van der Waals surface area contributed by atoms with Gasteiger partial charge in [0.2, 0.25) is 0 Å². The van der Waals surface area contributed by atoms with Gasteiger partial charge in [0, 0.05) is 36.1 Å². The van der Waals surface area contributed by atoms with Crippen LogP contribution >= 0.6 is 11.6 Å². The first-order chi connectivity index (χ1) is 9.63. The highest BCUT2D eigenvalue weighted by atomic mass is 35.5. The van der Waals surface area contributed by atoms with E-state index in [1.165, 1.54) is 18.9 Å². The number of nitrogens with one attached hydrogen (secondary N) is 1. The summed E-state index contributed by atoms with van der Waals surface area (Å²) >= 11 is 6.14. The van der Waals surface area contributed by atoms with E-state index in [1.54, 1.807) is 19.2 Å². The number of benzene rings is 1. The number of halogens is 2. The Balaban J connectivity index is 1.89. The zero-order valence-corrected chi connectivity index (χ0v) is 12.0. The Bertz CT molecular complexity index is 638. The lowest BCUT2D eigenvalue weighted by Crippen LogP contribution is -2.15. The first-order valence-corrected chi connectivity index (χ1v) is 7.14. The molecule has 2 aromatic rings. The van der Waals surface area contributed by atoms with E-state index in [0.29, 0.717) is 16.6 Å². The van der Waals surface area contributed by atoms with Crippen molar-refractivity contribution in [2.24, 2.45) is 0 Å². The number of aromatic nitrogens is 1. The van der Waals surface area contributed by atoms with Crippen LogP contribution in [0, 0.1) is 12.7 Å². The van der Waals surface area contributed by atoms with Crippen LogP contribution in [-0.4, -0.2) is 11.0 Å². The summed E-state index contributed by atoms with van der Waals surface area (Å²) in [7, 11) is 0. The van der Waals surface area contributed by atoms with Gasteiger partial charge in [0.1, 0.15) is 5.82 Å². The minimum atomic E-state index is -0.279. The van der Waals surface area contributed by atoms with Crippen LogP contribution in [0.3, 0.4) is 0 Å². The lowest BCUT2D eigenvalue weighted by molar-refractivity contribution is 0.619. The molecule has 0 aliphatic heterocycles. The summed E-state index contributed by atoms with van der Waals surface area (Å²) in [5.41, 5.74) is 3.46. The quantitative estimate of drug-likeness (QED) is 0.917. The molecule has 1 aromatic carbocycles. The van der Waals surface area contributed by atoms with Gasteiger partial charge in [-0.2, -0.15) is 0 Å². The smallest absolute Gasteiger partial charge is 0.127 e. The fourth-order valence-electron chi connectivity index (χ4n) is 2.16. The summed E-state index contributed by atoms with van der Waals surface area (Å²) in [4.78, 5) is 4.26. The van der Waals surface area contributed by atoms with Crippen molar-refractivity contribution in [3.63, 3.8) is 0 Å². The van der Waals surface area contributed by atoms with Crippen molar-refractivity contribution in [3.8, 4) is 11.1 Å². The lowest BCUT2D eigenvalue weighted by Gasteiger charge is -2.09. The van der Waals surface area contributed by atoms with E-state index >= 15 is 0 Å². The van der Waals surface area contributed by atoms with E-state index in [9.17, 15) is 4.39 Å². The van der Waals surface area contributed by atoms with Gasteiger partial charge in [0.05, 0.1) is 5.02 Å². The number of hydrogen-bond acceptors (Lipinski definition) is 2. The van der Waals surface area contributed by atoms with Crippen molar-refractivity contribution in [2.45, 2.75) is 32.4 Å². The molecule has 0 atom stereocenters. The minimum Gasteiger partial charge on any atom is -0.310 e. The van der Waals surface area contributed by atoms with Crippen LogP contribution in [0.5, 0.6) is 0 Å². The molecule has 1 heterocycles. The standard InChI is InChI=1S/C16H16ClFN2/c1-10-4-14(15(17)6-16(10)18)12-5-11(7-19-9-12)8-20-13-2-3-13/h4-7,9,13,20H,2-3,8H2,1H3. The van der Waals surface area contributed by atoms with Gasteiger partial charge in [-0.1, -0.05) is 11.6 Å². The first kappa shape index (κ1) is 13.5. The molecular weight excluding hydrogens is 275 g/mol. The second-order valence-electron chi connectivity index (χ2n) is 5.32. The SMILES string of the molecule is Cc1cc(-c2cncc(CNC3CC3)c2)c(Cl)cc1F. The molecule has 20 heavy (non-hydrogen) atoms. The molecule has 1 aliphatic rings. The molecule has 1 saturated carbocycles. The molecule has 0 amide bonds. The van der Waals surface area contributed by atoms with Crippen LogP contribution in [0.4, 0.5) is 4.39 Å². The molecule has 104 valence electrons. The van der Waals surface area contributed by atoms with Gasteiger partial charge in [-0.15, -0.1) is 0 Å². The minimum absolute atomic E-state index is 0.279. The van der Waals surface area contributed by atoms with Crippen molar-refractivity contribution >= 4 is 11.6 Å². The summed E-state index contributed by atoms with van der Waals surface area (Å²) in [6, 6.07) is 5.85. The van der Waals surface area contributed by atoms with Gasteiger partial charge < -0.3 is 5.32 Å². The Morgan fingerprint density at radius 1 is 1.30 bits per heavy atom. The molecule has 0 unspecified atom stereocenters. The fourth-order valence-corrected chi connectivity index (χ4v) is 2.42. The second kappa shape index (κ2) is 5.51. The van der Waals surface area contributed by atoms with Gasteiger partial charge in [-0.05, 0) is 49.1 Å². The maximum Gasteiger partial charge on any atom is 0.127 e. The molecule has 0 spiro atoms. The average Bonchev–Trinajstić information content (AvgIpc) is 3.25. The van der Waals surface area contributed by atoms with Crippen molar-refractivity contribution in [3.05, 3.63) is 52.6 Å². The third-order valence-electron chi connectivity index (χ3n) is 3.53. The van der Waals surface area contributed by atoms with Crippen LogP contribution < -0.4 is 5.32 Å². The van der Waals surface area contributed by atoms with E-state index in [0.717, 1.165) is 23.2 Å². The Labute approximate surface area is 123 Å². The van der Waals surface area contributed by atoms with Crippen LogP contribution in [0.1, 0.15) is 24.0 Å². The molecule has 4 heteroatoms.